The van der Waals surface area contributed by atoms with Gasteiger partial charge in [0, 0.05) is 0 Å². The van der Waals surface area contributed by atoms with E-state index in [1.807, 2.05) is 0 Å². The van der Waals surface area contributed by atoms with Crippen molar-refractivity contribution in [2.24, 2.45) is 0 Å². The fourth-order valence-corrected chi connectivity index (χ4v) is 1.87. The van der Waals surface area contributed by atoms with E-state index in [1.165, 1.54) is 6.20 Å². The Morgan fingerprint density at radius 3 is 3.00 bits per heavy atom. The highest BCUT2D eigenvalue weighted by Crippen LogP contribution is 2.32. The van der Waals surface area contributed by atoms with Crippen molar-refractivity contribution in [3.63, 3.8) is 0 Å². The van der Waals surface area contributed by atoms with Crippen LogP contribution in [-0.4, -0.2) is 14.3 Å². The first-order chi connectivity index (χ1) is 6.20. The molecule has 0 saturated carbocycles. The van der Waals surface area contributed by atoms with Crippen molar-refractivity contribution >= 4 is 39.0 Å². The highest BCUT2D eigenvalue weighted by molar-refractivity contribution is 7.14. The van der Waals surface area contributed by atoms with Crippen molar-refractivity contribution in [2.45, 2.75) is 0 Å². The van der Waals surface area contributed by atoms with Crippen LogP contribution in [0.1, 0.15) is 0 Å². The molecule has 0 bridgehead atoms. The molecule has 2 rings (SSSR count). The highest BCUT2D eigenvalue weighted by Gasteiger charge is 2.17. The Morgan fingerprint density at radius 1 is 1.54 bits per heavy atom. The van der Waals surface area contributed by atoms with Gasteiger partial charge in [-0.15, -0.1) is 0 Å². The van der Waals surface area contributed by atoms with E-state index in [2.05, 4.69) is 9.36 Å². The number of fused-ring (bicyclic) bond motifs is 1. The summed E-state index contributed by atoms with van der Waals surface area (Å²) < 4.78 is 4.39. The van der Waals surface area contributed by atoms with Gasteiger partial charge in [0.05, 0.1) is 15.8 Å². The molecule has 2 heterocycles. The van der Waals surface area contributed by atoms with Crippen LogP contribution in [0.2, 0.25) is 5.02 Å². The fraction of sp³-hybridized carbons (Fsp3) is 0. The van der Waals surface area contributed by atoms with Gasteiger partial charge < -0.3 is 0 Å². The lowest BCUT2D eigenvalue weighted by molar-refractivity contribution is -0.384. The summed E-state index contributed by atoms with van der Waals surface area (Å²) in [6.45, 7) is 0. The molecule has 0 aromatic carbocycles. The number of pyridine rings is 1. The van der Waals surface area contributed by atoms with Crippen molar-refractivity contribution in [3.8, 4) is 0 Å². The van der Waals surface area contributed by atoms with Crippen LogP contribution in [0.25, 0.3) is 10.2 Å². The van der Waals surface area contributed by atoms with Crippen LogP contribution >= 0.6 is 23.1 Å². The van der Waals surface area contributed by atoms with E-state index in [-0.39, 0.29) is 10.7 Å². The topological polar surface area (TPSA) is 68.9 Å². The molecule has 13 heavy (non-hydrogen) atoms. The third-order valence-corrected chi connectivity index (χ3v) is 2.80. The van der Waals surface area contributed by atoms with Gasteiger partial charge in [0.2, 0.25) is 0 Å². The zero-order chi connectivity index (χ0) is 9.42. The second kappa shape index (κ2) is 2.90. The zero-order valence-corrected chi connectivity index (χ0v) is 7.67. The van der Waals surface area contributed by atoms with E-state index in [1.54, 1.807) is 0 Å². The van der Waals surface area contributed by atoms with Gasteiger partial charge in [0.1, 0.15) is 16.7 Å². The Hall–Kier alpha value is -1.27. The Kier molecular flexibility index (Phi) is 1.86. The van der Waals surface area contributed by atoms with Gasteiger partial charge in [-0.2, -0.15) is 4.37 Å². The van der Waals surface area contributed by atoms with E-state index < -0.39 is 4.92 Å². The summed E-state index contributed by atoms with van der Waals surface area (Å²) in [6, 6.07) is 0. The number of aromatic nitrogens is 2. The lowest BCUT2D eigenvalue weighted by atomic mass is 10.4. The Labute approximate surface area is 81.3 Å². The predicted molar refractivity (Wildman–Crippen MR) is 49.1 cm³/mol. The molecule has 2 aromatic heterocycles. The Bertz CT molecular complexity index is 484. The average molecular weight is 216 g/mol. The summed E-state index contributed by atoms with van der Waals surface area (Å²) in [5.41, 5.74) is 0.402. The molecule has 0 unspecified atom stereocenters. The van der Waals surface area contributed by atoms with Crippen LogP contribution < -0.4 is 0 Å². The average Bonchev–Trinajstić information content (AvgIpc) is 2.52. The molecule has 2 aromatic rings. The van der Waals surface area contributed by atoms with Gasteiger partial charge >= 0.3 is 5.69 Å². The SMILES string of the molecule is O=[N+]([O-])c1cnc2cnsc2c1Cl. The quantitative estimate of drug-likeness (QED) is 0.540. The Morgan fingerprint density at radius 2 is 2.31 bits per heavy atom. The van der Waals surface area contributed by atoms with Gasteiger partial charge in [0.15, 0.2) is 0 Å². The maximum atomic E-state index is 10.5. The summed E-state index contributed by atoms with van der Waals surface area (Å²) in [5, 5.41) is 10.6. The lowest BCUT2D eigenvalue weighted by Gasteiger charge is -1.93. The van der Waals surface area contributed by atoms with E-state index in [0.29, 0.717) is 10.2 Å². The maximum Gasteiger partial charge on any atom is 0.307 e. The normalized spacial score (nSPS) is 10.5. The molecule has 0 N–H and O–H groups in total. The maximum absolute atomic E-state index is 10.5. The first kappa shape index (κ1) is 8.33. The van der Waals surface area contributed by atoms with Crippen molar-refractivity contribution in [2.75, 3.05) is 0 Å². The third kappa shape index (κ3) is 1.24. The van der Waals surface area contributed by atoms with Crippen LogP contribution in [0.4, 0.5) is 5.69 Å². The fourth-order valence-electron chi connectivity index (χ4n) is 0.910. The minimum Gasteiger partial charge on any atom is -0.258 e. The number of halogens is 1. The molecule has 0 radical (unpaired) electrons. The largest absolute Gasteiger partial charge is 0.307 e. The number of nitrogens with zero attached hydrogens (tertiary/aromatic N) is 3. The van der Waals surface area contributed by atoms with Crippen molar-refractivity contribution < 1.29 is 4.92 Å². The second-order valence-corrected chi connectivity index (χ2v) is 3.43. The van der Waals surface area contributed by atoms with Gasteiger partial charge in [0.25, 0.3) is 0 Å². The predicted octanol–water partition coefficient (Wildman–Crippen LogP) is 2.25. The summed E-state index contributed by atoms with van der Waals surface area (Å²) >= 11 is 6.86. The molecule has 0 fully saturated rings. The molecule has 0 aliphatic heterocycles. The summed E-state index contributed by atoms with van der Waals surface area (Å²) in [4.78, 5) is 13.7. The summed E-state index contributed by atoms with van der Waals surface area (Å²) in [6.07, 6.45) is 2.66. The molecular formula is C6H2ClN3O2S. The molecule has 7 heteroatoms. The number of hydrogen-bond donors (Lipinski definition) is 0. The monoisotopic (exact) mass is 215 g/mol. The molecular weight excluding hydrogens is 214 g/mol. The van der Waals surface area contributed by atoms with Crippen molar-refractivity contribution in [3.05, 3.63) is 27.5 Å². The Balaban J connectivity index is 2.80. The smallest absolute Gasteiger partial charge is 0.258 e. The van der Waals surface area contributed by atoms with Crippen LogP contribution in [0.3, 0.4) is 0 Å². The molecule has 0 aliphatic carbocycles. The van der Waals surface area contributed by atoms with E-state index in [0.717, 1.165) is 17.7 Å². The van der Waals surface area contributed by atoms with Crippen LogP contribution in [0.5, 0.6) is 0 Å². The van der Waals surface area contributed by atoms with Crippen LogP contribution in [-0.2, 0) is 0 Å². The molecule has 0 atom stereocenters. The van der Waals surface area contributed by atoms with Gasteiger partial charge in [-0.05, 0) is 11.5 Å². The van der Waals surface area contributed by atoms with Crippen molar-refractivity contribution in [1.29, 1.82) is 0 Å². The lowest BCUT2D eigenvalue weighted by Crippen LogP contribution is -1.89. The minimum atomic E-state index is -0.561. The van der Waals surface area contributed by atoms with E-state index in [4.69, 9.17) is 11.6 Å². The van der Waals surface area contributed by atoms with Crippen LogP contribution in [0, 0.1) is 10.1 Å². The molecule has 0 spiro atoms. The first-order valence-corrected chi connectivity index (χ1v) is 4.38. The number of nitro groups is 1. The highest BCUT2D eigenvalue weighted by atomic mass is 35.5. The van der Waals surface area contributed by atoms with E-state index in [9.17, 15) is 10.1 Å². The van der Waals surface area contributed by atoms with Gasteiger partial charge in [-0.25, -0.2) is 4.98 Å². The van der Waals surface area contributed by atoms with Gasteiger partial charge in [-0.1, -0.05) is 11.6 Å². The molecule has 0 amide bonds. The third-order valence-electron chi connectivity index (χ3n) is 1.50. The molecule has 0 saturated heterocycles. The molecule has 0 aliphatic rings. The second-order valence-electron chi connectivity index (χ2n) is 2.25. The summed E-state index contributed by atoms with van der Waals surface area (Å²) in [7, 11) is 0. The van der Waals surface area contributed by atoms with Crippen LogP contribution in [0.15, 0.2) is 12.4 Å². The van der Waals surface area contributed by atoms with Crippen molar-refractivity contribution in [1.82, 2.24) is 9.36 Å². The number of rotatable bonds is 1. The molecule has 66 valence electrons. The van der Waals surface area contributed by atoms with Gasteiger partial charge in [-0.3, -0.25) is 10.1 Å². The zero-order valence-electron chi connectivity index (χ0n) is 6.10. The minimum absolute atomic E-state index is 0.109. The standard InChI is InChI=1S/C6H2ClN3O2S/c7-5-4(10(11)12)2-8-3-1-9-13-6(3)5/h1-2H. The number of hydrogen-bond acceptors (Lipinski definition) is 5. The summed E-state index contributed by atoms with van der Waals surface area (Å²) in [5.74, 6) is 0. The first-order valence-electron chi connectivity index (χ1n) is 3.23. The molecule has 5 nitrogen and oxygen atoms in total. The van der Waals surface area contributed by atoms with E-state index >= 15 is 0 Å².